The number of hydrogen-bond acceptors (Lipinski definition) is 3. The number of nitrogens with one attached hydrogen (secondary N) is 1. The highest BCUT2D eigenvalue weighted by molar-refractivity contribution is 7.91. The van der Waals surface area contributed by atoms with Gasteiger partial charge >= 0.3 is 6.18 Å². The fourth-order valence-corrected chi connectivity index (χ4v) is 4.44. The van der Waals surface area contributed by atoms with Gasteiger partial charge in [-0.1, -0.05) is 48.3 Å². The van der Waals surface area contributed by atoms with Gasteiger partial charge in [0.25, 0.3) is 0 Å². The van der Waals surface area contributed by atoms with E-state index in [2.05, 4.69) is 5.32 Å². The molecule has 0 atom stereocenters. The van der Waals surface area contributed by atoms with E-state index >= 15 is 0 Å². The van der Waals surface area contributed by atoms with Crippen LogP contribution in [-0.2, 0) is 27.2 Å². The molecule has 10 heteroatoms. The van der Waals surface area contributed by atoms with E-state index in [4.69, 9.17) is 23.2 Å². The number of alkyl halides is 3. The topological polar surface area (TPSA) is 63.2 Å². The normalized spacial score (nSPS) is 11.9. The number of hydrogen-bond donors (Lipinski definition) is 1. The van der Waals surface area contributed by atoms with Crippen LogP contribution in [0, 0.1) is 0 Å². The van der Waals surface area contributed by atoms with Crippen molar-refractivity contribution < 1.29 is 26.4 Å². The van der Waals surface area contributed by atoms with E-state index in [1.54, 1.807) is 0 Å². The van der Waals surface area contributed by atoms with Gasteiger partial charge in [-0.15, -0.1) is 0 Å². The number of sulfone groups is 1. The number of benzene rings is 3. The molecule has 1 N–H and O–H groups in total. The molecule has 4 nitrogen and oxygen atoms in total. The molecule has 174 valence electrons. The molecule has 33 heavy (non-hydrogen) atoms. The minimum Gasteiger partial charge on any atom is -0.326 e. The quantitative estimate of drug-likeness (QED) is 0.399. The van der Waals surface area contributed by atoms with Gasteiger partial charge in [0.1, 0.15) is 0 Å². The molecule has 0 aliphatic carbocycles. The smallest absolute Gasteiger partial charge is 0.326 e. The lowest BCUT2D eigenvalue weighted by Gasteiger charge is -2.16. The second kappa shape index (κ2) is 9.75. The third-order valence-electron chi connectivity index (χ3n) is 4.85. The van der Waals surface area contributed by atoms with E-state index in [0.717, 1.165) is 6.07 Å². The van der Waals surface area contributed by atoms with E-state index in [1.165, 1.54) is 61.5 Å². The van der Waals surface area contributed by atoms with Crippen LogP contribution in [0.1, 0.15) is 18.1 Å². The second-order valence-corrected chi connectivity index (χ2v) is 10.3. The maximum atomic E-state index is 13.8. The van der Waals surface area contributed by atoms with Crippen molar-refractivity contribution in [2.45, 2.75) is 24.4 Å². The van der Waals surface area contributed by atoms with Gasteiger partial charge in [0.05, 0.1) is 22.6 Å². The molecule has 1 amide bonds. The average molecular weight is 516 g/mol. The Kier molecular flexibility index (Phi) is 7.41. The molecule has 3 aromatic rings. The lowest BCUT2D eigenvalue weighted by Crippen LogP contribution is -2.16. The Balaban J connectivity index is 1.84. The monoisotopic (exact) mass is 515 g/mol. The van der Waals surface area contributed by atoms with Crippen molar-refractivity contribution >= 4 is 44.6 Å². The largest absolute Gasteiger partial charge is 0.417 e. The summed E-state index contributed by atoms with van der Waals surface area (Å²) in [6.45, 7) is 1.53. The third-order valence-corrected chi connectivity index (χ3v) is 7.17. The summed E-state index contributed by atoms with van der Waals surface area (Å²) in [4.78, 5) is 12.5. The molecule has 0 radical (unpaired) electrons. The van der Waals surface area contributed by atoms with Gasteiger partial charge in [0, 0.05) is 21.3 Å². The lowest BCUT2D eigenvalue weighted by molar-refractivity contribution is -0.137. The van der Waals surface area contributed by atoms with Crippen LogP contribution >= 0.6 is 23.2 Å². The molecule has 0 unspecified atom stereocenters. The van der Waals surface area contributed by atoms with Crippen molar-refractivity contribution in [2.24, 2.45) is 0 Å². The van der Waals surface area contributed by atoms with E-state index in [0.29, 0.717) is 5.56 Å². The first kappa shape index (κ1) is 25.1. The number of halogens is 5. The number of amides is 1. The Morgan fingerprint density at radius 3 is 2.21 bits per heavy atom. The minimum atomic E-state index is -4.71. The second-order valence-electron chi connectivity index (χ2n) is 7.15. The Hall–Kier alpha value is -2.55. The lowest BCUT2D eigenvalue weighted by atomic mass is 9.98. The van der Waals surface area contributed by atoms with Crippen molar-refractivity contribution in [3.05, 3.63) is 81.8 Å². The van der Waals surface area contributed by atoms with Gasteiger partial charge in [0.2, 0.25) is 5.91 Å². The van der Waals surface area contributed by atoms with Crippen LogP contribution in [0.4, 0.5) is 18.9 Å². The van der Waals surface area contributed by atoms with Crippen molar-refractivity contribution in [3.63, 3.8) is 0 Å². The Bertz CT molecular complexity index is 1290. The Morgan fingerprint density at radius 2 is 1.61 bits per heavy atom. The van der Waals surface area contributed by atoms with Gasteiger partial charge in [-0.25, -0.2) is 8.42 Å². The van der Waals surface area contributed by atoms with Gasteiger partial charge < -0.3 is 5.32 Å². The van der Waals surface area contributed by atoms with Gasteiger partial charge in [-0.05, 0) is 53.6 Å². The summed E-state index contributed by atoms with van der Waals surface area (Å²) in [6.07, 6.45) is -4.85. The standard InChI is InChI=1S/C23H18Cl2F3NO3S/c1-2-33(31,32)17-7-3-14(4-8-17)11-22(30)29-16-6-9-18(20(13-16)23(26,27)28)19-12-15(24)5-10-21(19)25/h3-10,12-13H,2,11H2,1H3,(H,29,30). The van der Waals surface area contributed by atoms with Crippen LogP contribution < -0.4 is 5.32 Å². The number of carbonyl (C=O) groups is 1. The molecule has 3 aromatic carbocycles. The SMILES string of the molecule is CCS(=O)(=O)c1ccc(CC(=O)Nc2ccc(-c3cc(Cl)ccc3Cl)c(C(F)(F)F)c2)cc1. The summed E-state index contributed by atoms with van der Waals surface area (Å²) in [6, 6.07) is 13.4. The van der Waals surface area contributed by atoms with E-state index < -0.39 is 27.5 Å². The summed E-state index contributed by atoms with van der Waals surface area (Å²) in [5.41, 5.74) is -0.545. The molecule has 0 aromatic heterocycles. The summed E-state index contributed by atoms with van der Waals surface area (Å²) in [5.74, 6) is -0.604. The number of rotatable bonds is 6. The molecular weight excluding hydrogens is 498 g/mol. The first-order valence-electron chi connectivity index (χ1n) is 9.69. The molecule has 0 saturated heterocycles. The van der Waals surface area contributed by atoms with Gasteiger partial charge in [-0.2, -0.15) is 13.2 Å². The van der Waals surface area contributed by atoms with E-state index in [9.17, 15) is 26.4 Å². The van der Waals surface area contributed by atoms with Crippen LogP contribution in [0.5, 0.6) is 0 Å². The molecular formula is C23H18Cl2F3NO3S. The molecule has 0 fully saturated rings. The van der Waals surface area contributed by atoms with E-state index in [-0.39, 0.29) is 43.9 Å². The summed E-state index contributed by atoms with van der Waals surface area (Å²) >= 11 is 12.0. The maximum absolute atomic E-state index is 13.8. The summed E-state index contributed by atoms with van der Waals surface area (Å²) in [5, 5.41) is 2.79. The zero-order valence-corrected chi connectivity index (χ0v) is 19.5. The van der Waals surface area contributed by atoms with Crippen molar-refractivity contribution in [1.82, 2.24) is 0 Å². The van der Waals surface area contributed by atoms with Gasteiger partial charge in [-0.3, -0.25) is 4.79 Å². The highest BCUT2D eigenvalue weighted by atomic mass is 35.5. The maximum Gasteiger partial charge on any atom is 0.417 e. The predicted molar refractivity (Wildman–Crippen MR) is 123 cm³/mol. The number of carbonyl (C=O) groups excluding carboxylic acids is 1. The highest BCUT2D eigenvalue weighted by Crippen LogP contribution is 2.41. The molecule has 0 spiro atoms. The van der Waals surface area contributed by atoms with E-state index in [1.807, 2.05) is 0 Å². The van der Waals surface area contributed by atoms with Crippen LogP contribution in [0.2, 0.25) is 10.0 Å². The fourth-order valence-electron chi connectivity index (χ4n) is 3.17. The Labute approximate surface area is 199 Å². The van der Waals surface area contributed by atoms with Crippen LogP contribution in [0.25, 0.3) is 11.1 Å². The fraction of sp³-hybridized carbons (Fsp3) is 0.174. The van der Waals surface area contributed by atoms with Crippen molar-refractivity contribution in [1.29, 1.82) is 0 Å². The molecule has 0 heterocycles. The molecule has 0 aliphatic heterocycles. The molecule has 3 rings (SSSR count). The minimum absolute atomic E-state index is 0.0422. The third kappa shape index (κ3) is 6.07. The van der Waals surface area contributed by atoms with Crippen molar-refractivity contribution in [3.8, 4) is 11.1 Å². The van der Waals surface area contributed by atoms with Crippen LogP contribution in [-0.4, -0.2) is 20.1 Å². The Morgan fingerprint density at radius 1 is 0.939 bits per heavy atom. The first-order chi connectivity index (χ1) is 15.4. The van der Waals surface area contributed by atoms with Crippen LogP contribution in [0.3, 0.4) is 0 Å². The van der Waals surface area contributed by atoms with Gasteiger partial charge in [0.15, 0.2) is 9.84 Å². The molecule has 0 bridgehead atoms. The zero-order valence-electron chi connectivity index (χ0n) is 17.2. The molecule has 0 aliphatic rings. The predicted octanol–water partition coefficient (Wildman–Crippen LogP) is 6.65. The number of anilines is 1. The molecule has 0 saturated carbocycles. The summed E-state index contributed by atoms with van der Waals surface area (Å²) < 4.78 is 65.0. The summed E-state index contributed by atoms with van der Waals surface area (Å²) in [7, 11) is -3.37. The first-order valence-corrected chi connectivity index (χ1v) is 12.1. The van der Waals surface area contributed by atoms with Crippen molar-refractivity contribution in [2.75, 3.05) is 11.1 Å². The zero-order chi connectivity index (χ0) is 24.4. The highest BCUT2D eigenvalue weighted by Gasteiger charge is 2.34. The van der Waals surface area contributed by atoms with Crippen LogP contribution in [0.15, 0.2) is 65.6 Å². The average Bonchev–Trinajstić information content (AvgIpc) is 2.75.